The summed E-state index contributed by atoms with van der Waals surface area (Å²) in [6.45, 7) is 2.31. The number of ether oxygens (including phenoxy) is 1. The van der Waals surface area contributed by atoms with Crippen LogP contribution in [0.15, 0.2) is 48.5 Å². The molecule has 0 spiro atoms. The Labute approximate surface area is 147 Å². The molecule has 0 fully saturated rings. The van der Waals surface area contributed by atoms with Gasteiger partial charge in [-0.25, -0.2) is 4.79 Å². The lowest BCUT2D eigenvalue weighted by Gasteiger charge is -2.22. The number of nitrogens with zero attached hydrogens (tertiary/aromatic N) is 1. The molecule has 0 aliphatic heterocycles. The SMILES string of the molecule is Cc1ccc(NC(=O)N(CCO)CCO)c(OCc2ccccc2)c1. The minimum Gasteiger partial charge on any atom is -0.487 e. The van der Waals surface area contributed by atoms with Crippen LogP contribution in [-0.2, 0) is 6.61 Å². The first kappa shape index (κ1) is 18.8. The summed E-state index contributed by atoms with van der Waals surface area (Å²) in [4.78, 5) is 13.7. The summed E-state index contributed by atoms with van der Waals surface area (Å²) in [6, 6.07) is 14.9. The van der Waals surface area contributed by atoms with E-state index in [2.05, 4.69) is 5.32 Å². The summed E-state index contributed by atoms with van der Waals surface area (Å²) in [5.74, 6) is 0.574. The van der Waals surface area contributed by atoms with Crippen molar-refractivity contribution >= 4 is 11.7 Å². The molecule has 2 aromatic carbocycles. The lowest BCUT2D eigenvalue weighted by Crippen LogP contribution is -2.39. The predicted octanol–water partition coefficient (Wildman–Crippen LogP) is 2.39. The number of urea groups is 1. The molecule has 0 atom stereocenters. The molecular formula is C19H24N2O4. The Bertz CT molecular complexity index is 670. The molecule has 0 aliphatic rings. The van der Waals surface area contributed by atoms with Crippen molar-refractivity contribution in [3.63, 3.8) is 0 Å². The maximum atomic E-state index is 12.3. The van der Waals surface area contributed by atoms with E-state index in [0.717, 1.165) is 11.1 Å². The second kappa shape index (κ2) is 9.66. The molecule has 0 bridgehead atoms. The Morgan fingerprint density at radius 2 is 1.76 bits per heavy atom. The monoisotopic (exact) mass is 344 g/mol. The highest BCUT2D eigenvalue weighted by Gasteiger charge is 2.15. The number of carbonyl (C=O) groups excluding carboxylic acids is 1. The van der Waals surface area contributed by atoms with E-state index in [1.807, 2.05) is 49.4 Å². The van der Waals surface area contributed by atoms with E-state index in [-0.39, 0.29) is 26.3 Å². The molecule has 3 N–H and O–H groups in total. The standard InChI is InChI=1S/C19H24N2O4/c1-15-7-8-17(20-19(24)21(9-11-22)10-12-23)18(13-15)25-14-16-5-3-2-4-6-16/h2-8,13,22-23H,9-12,14H2,1H3,(H,20,24). The van der Waals surface area contributed by atoms with Crippen molar-refractivity contribution < 1.29 is 19.7 Å². The van der Waals surface area contributed by atoms with Gasteiger partial charge in [-0.15, -0.1) is 0 Å². The van der Waals surface area contributed by atoms with Crippen molar-refractivity contribution in [2.75, 3.05) is 31.6 Å². The van der Waals surface area contributed by atoms with E-state index in [1.54, 1.807) is 6.07 Å². The molecule has 2 rings (SSSR count). The van der Waals surface area contributed by atoms with Crippen LogP contribution in [0.3, 0.4) is 0 Å². The van der Waals surface area contributed by atoms with Crippen molar-refractivity contribution in [1.82, 2.24) is 4.90 Å². The highest BCUT2D eigenvalue weighted by Crippen LogP contribution is 2.27. The number of benzene rings is 2. The number of aliphatic hydroxyl groups excluding tert-OH is 2. The van der Waals surface area contributed by atoms with Crippen LogP contribution in [0.2, 0.25) is 0 Å². The van der Waals surface area contributed by atoms with Gasteiger partial charge in [-0.1, -0.05) is 36.4 Å². The largest absolute Gasteiger partial charge is 0.487 e. The molecule has 25 heavy (non-hydrogen) atoms. The summed E-state index contributed by atoms with van der Waals surface area (Å²) < 4.78 is 5.87. The van der Waals surface area contributed by atoms with E-state index in [1.165, 1.54) is 4.90 Å². The first-order chi connectivity index (χ1) is 12.1. The second-order valence-corrected chi connectivity index (χ2v) is 5.64. The van der Waals surface area contributed by atoms with Crippen LogP contribution in [0.5, 0.6) is 5.75 Å². The van der Waals surface area contributed by atoms with E-state index in [0.29, 0.717) is 18.0 Å². The normalized spacial score (nSPS) is 10.4. The van der Waals surface area contributed by atoms with Crippen LogP contribution in [0.1, 0.15) is 11.1 Å². The summed E-state index contributed by atoms with van der Waals surface area (Å²) in [7, 11) is 0. The third kappa shape index (κ3) is 5.77. The van der Waals surface area contributed by atoms with E-state index in [4.69, 9.17) is 14.9 Å². The van der Waals surface area contributed by atoms with Gasteiger partial charge in [-0.2, -0.15) is 0 Å². The van der Waals surface area contributed by atoms with Gasteiger partial charge in [0.25, 0.3) is 0 Å². The number of carbonyl (C=O) groups is 1. The summed E-state index contributed by atoms with van der Waals surface area (Å²) in [6.07, 6.45) is 0. The van der Waals surface area contributed by atoms with Gasteiger partial charge in [0.15, 0.2) is 0 Å². The number of rotatable bonds is 8. The Kier molecular flexibility index (Phi) is 7.25. The Morgan fingerprint density at radius 3 is 2.40 bits per heavy atom. The fraction of sp³-hybridized carbons (Fsp3) is 0.316. The molecule has 2 amide bonds. The Morgan fingerprint density at radius 1 is 1.08 bits per heavy atom. The molecule has 6 heteroatoms. The maximum Gasteiger partial charge on any atom is 0.322 e. The first-order valence-corrected chi connectivity index (χ1v) is 8.19. The highest BCUT2D eigenvalue weighted by molar-refractivity contribution is 5.91. The zero-order valence-corrected chi connectivity index (χ0v) is 14.3. The minimum atomic E-state index is -0.392. The molecule has 0 radical (unpaired) electrons. The lowest BCUT2D eigenvalue weighted by atomic mass is 10.2. The van der Waals surface area contributed by atoms with Crippen molar-refractivity contribution in [2.45, 2.75) is 13.5 Å². The fourth-order valence-electron chi connectivity index (χ4n) is 2.34. The zero-order chi connectivity index (χ0) is 18.1. The number of amides is 2. The molecule has 0 aliphatic carbocycles. The van der Waals surface area contributed by atoms with Crippen LogP contribution >= 0.6 is 0 Å². The van der Waals surface area contributed by atoms with Crippen molar-refractivity contribution in [2.24, 2.45) is 0 Å². The molecule has 0 saturated carbocycles. The Hall–Kier alpha value is -2.57. The van der Waals surface area contributed by atoms with Crippen LogP contribution in [0.25, 0.3) is 0 Å². The van der Waals surface area contributed by atoms with Gasteiger partial charge in [-0.05, 0) is 30.2 Å². The van der Waals surface area contributed by atoms with Gasteiger partial charge < -0.3 is 25.2 Å². The molecule has 0 heterocycles. The van der Waals surface area contributed by atoms with Gasteiger partial charge in [0.2, 0.25) is 0 Å². The minimum absolute atomic E-state index is 0.151. The van der Waals surface area contributed by atoms with Crippen LogP contribution in [0, 0.1) is 6.92 Å². The fourth-order valence-corrected chi connectivity index (χ4v) is 2.34. The molecule has 0 unspecified atom stereocenters. The number of nitrogens with one attached hydrogen (secondary N) is 1. The molecule has 134 valence electrons. The zero-order valence-electron chi connectivity index (χ0n) is 14.3. The third-order valence-corrected chi connectivity index (χ3v) is 3.64. The van der Waals surface area contributed by atoms with Crippen molar-refractivity contribution in [3.05, 3.63) is 59.7 Å². The van der Waals surface area contributed by atoms with Gasteiger partial charge in [-0.3, -0.25) is 0 Å². The summed E-state index contributed by atoms with van der Waals surface area (Å²) >= 11 is 0. The van der Waals surface area contributed by atoms with E-state index >= 15 is 0 Å². The van der Waals surface area contributed by atoms with Gasteiger partial charge in [0.05, 0.1) is 18.9 Å². The lowest BCUT2D eigenvalue weighted by molar-refractivity contribution is 0.167. The number of aliphatic hydroxyl groups is 2. The van der Waals surface area contributed by atoms with Crippen molar-refractivity contribution in [3.8, 4) is 5.75 Å². The topological polar surface area (TPSA) is 82.0 Å². The quantitative estimate of drug-likeness (QED) is 0.687. The maximum absolute atomic E-state index is 12.3. The molecule has 2 aromatic rings. The van der Waals surface area contributed by atoms with E-state index < -0.39 is 6.03 Å². The number of hydrogen-bond acceptors (Lipinski definition) is 4. The molecular weight excluding hydrogens is 320 g/mol. The first-order valence-electron chi connectivity index (χ1n) is 8.19. The highest BCUT2D eigenvalue weighted by atomic mass is 16.5. The predicted molar refractivity (Wildman–Crippen MR) is 96.7 cm³/mol. The van der Waals surface area contributed by atoms with Gasteiger partial charge in [0.1, 0.15) is 12.4 Å². The van der Waals surface area contributed by atoms with Crippen LogP contribution in [-0.4, -0.2) is 47.4 Å². The molecule has 0 saturated heterocycles. The van der Waals surface area contributed by atoms with Crippen LogP contribution in [0.4, 0.5) is 10.5 Å². The summed E-state index contributed by atoms with van der Waals surface area (Å²) in [5.41, 5.74) is 2.60. The second-order valence-electron chi connectivity index (χ2n) is 5.64. The van der Waals surface area contributed by atoms with Gasteiger partial charge in [0, 0.05) is 13.1 Å². The van der Waals surface area contributed by atoms with Crippen molar-refractivity contribution in [1.29, 1.82) is 0 Å². The number of hydrogen-bond donors (Lipinski definition) is 3. The Balaban J connectivity index is 2.10. The van der Waals surface area contributed by atoms with Crippen LogP contribution < -0.4 is 10.1 Å². The number of anilines is 1. The average Bonchev–Trinajstić information content (AvgIpc) is 2.62. The molecule has 0 aromatic heterocycles. The number of aryl methyl sites for hydroxylation is 1. The van der Waals surface area contributed by atoms with Gasteiger partial charge >= 0.3 is 6.03 Å². The summed E-state index contributed by atoms with van der Waals surface area (Å²) in [5, 5.41) is 20.9. The molecule has 6 nitrogen and oxygen atoms in total. The van der Waals surface area contributed by atoms with E-state index in [9.17, 15) is 4.79 Å². The third-order valence-electron chi connectivity index (χ3n) is 3.64. The smallest absolute Gasteiger partial charge is 0.322 e. The average molecular weight is 344 g/mol.